The van der Waals surface area contributed by atoms with Gasteiger partial charge in [0.2, 0.25) is 0 Å². The second-order valence-corrected chi connectivity index (χ2v) is 3.40. The highest BCUT2D eigenvalue weighted by Gasteiger charge is 2.16. The Hall–Kier alpha value is -2.35. The van der Waals surface area contributed by atoms with Crippen molar-refractivity contribution in [1.82, 2.24) is 4.90 Å². The van der Waals surface area contributed by atoms with Crippen LogP contribution in [0.25, 0.3) is 0 Å². The molecule has 0 radical (unpaired) electrons. The summed E-state index contributed by atoms with van der Waals surface area (Å²) in [6, 6.07) is 8.05. The molecule has 0 aliphatic rings. The van der Waals surface area contributed by atoms with Crippen molar-refractivity contribution in [3.63, 3.8) is 0 Å². The van der Waals surface area contributed by atoms with Gasteiger partial charge in [-0.25, -0.2) is 0 Å². The van der Waals surface area contributed by atoms with Crippen LogP contribution in [0.5, 0.6) is 0 Å². The Labute approximate surface area is 98.9 Å². The third-order valence-corrected chi connectivity index (χ3v) is 2.26. The molecule has 0 atom stereocenters. The maximum Gasteiger partial charge on any atom is 0.323 e. The third kappa shape index (κ3) is 3.31. The van der Waals surface area contributed by atoms with Gasteiger partial charge in [0, 0.05) is 12.1 Å². The molecule has 0 saturated heterocycles. The van der Waals surface area contributed by atoms with E-state index in [0.717, 1.165) is 0 Å². The lowest BCUT2D eigenvalue weighted by atomic mass is 10.1. The number of carboxylic acids is 1. The largest absolute Gasteiger partial charge is 0.480 e. The molecule has 5 heteroatoms. The Balaban J connectivity index is 2.86. The van der Waals surface area contributed by atoms with Crippen molar-refractivity contribution in [3.8, 4) is 6.07 Å². The van der Waals surface area contributed by atoms with E-state index >= 15 is 0 Å². The zero-order chi connectivity index (χ0) is 12.8. The smallest absolute Gasteiger partial charge is 0.323 e. The van der Waals surface area contributed by atoms with Crippen molar-refractivity contribution in [2.24, 2.45) is 0 Å². The molecule has 0 fully saturated rings. The summed E-state index contributed by atoms with van der Waals surface area (Å²) < 4.78 is 0. The number of likely N-dealkylation sites (N-methyl/N-ethyl adjacent to an activating group) is 1. The van der Waals surface area contributed by atoms with E-state index in [-0.39, 0.29) is 12.5 Å². The molecule has 1 rings (SSSR count). The number of carbonyl (C=O) groups is 2. The number of rotatable bonds is 4. The van der Waals surface area contributed by atoms with Gasteiger partial charge in [-0.1, -0.05) is 0 Å². The molecule has 0 heterocycles. The van der Waals surface area contributed by atoms with Gasteiger partial charge in [-0.3, -0.25) is 9.59 Å². The van der Waals surface area contributed by atoms with Crippen molar-refractivity contribution in [2.45, 2.75) is 6.92 Å². The van der Waals surface area contributed by atoms with Crippen LogP contribution in [0.3, 0.4) is 0 Å². The lowest BCUT2D eigenvalue weighted by Gasteiger charge is -2.18. The summed E-state index contributed by atoms with van der Waals surface area (Å²) in [6.07, 6.45) is 0. The Bertz CT molecular complexity index is 460. The van der Waals surface area contributed by atoms with Crippen LogP contribution < -0.4 is 0 Å². The highest BCUT2D eigenvalue weighted by Crippen LogP contribution is 2.07. The van der Waals surface area contributed by atoms with Crippen molar-refractivity contribution in [3.05, 3.63) is 35.4 Å². The number of amides is 1. The number of nitrogens with zero attached hydrogens (tertiary/aromatic N) is 2. The van der Waals surface area contributed by atoms with Crippen LogP contribution in [-0.4, -0.2) is 35.0 Å². The Kier molecular flexibility index (Phi) is 4.23. The minimum Gasteiger partial charge on any atom is -0.480 e. The average Bonchev–Trinajstić information content (AvgIpc) is 2.35. The summed E-state index contributed by atoms with van der Waals surface area (Å²) in [4.78, 5) is 23.7. The summed E-state index contributed by atoms with van der Waals surface area (Å²) >= 11 is 0. The molecule has 0 unspecified atom stereocenters. The second-order valence-electron chi connectivity index (χ2n) is 3.40. The number of hydrogen-bond acceptors (Lipinski definition) is 3. The number of hydrogen-bond donors (Lipinski definition) is 1. The zero-order valence-electron chi connectivity index (χ0n) is 9.38. The number of carboxylic acid groups (broad SMARTS) is 1. The normalized spacial score (nSPS) is 9.41. The van der Waals surface area contributed by atoms with Crippen molar-refractivity contribution >= 4 is 11.9 Å². The molecule has 1 amide bonds. The fraction of sp³-hybridized carbons (Fsp3) is 0.250. The van der Waals surface area contributed by atoms with E-state index < -0.39 is 5.97 Å². The third-order valence-electron chi connectivity index (χ3n) is 2.26. The molecule has 88 valence electrons. The van der Waals surface area contributed by atoms with E-state index in [2.05, 4.69) is 0 Å². The highest BCUT2D eigenvalue weighted by atomic mass is 16.4. The molecular formula is C12H12N2O3. The molecule has 1 aromatic carbocycles. The minimum absolute atomic E-state index is 0.324. The molecule has 1 N–H and O–H groups in total. The van der Waals surface area contributed by atoms with E-state index in [1.807, 2.05) is 6.07 Å². The van der Waals surface area contributed by atoms with Gasteiger partial charge >= 0.3 is 5.97 Å². The predicted molar refractivity (Wildman–Crippen MR) is 60.4 cm³/mol. The van der Waals surface area contributed by atoms with Crippen LogP contribution >= 0.6 is 0 Å². The van der Waals surface area contributed by atoms with Gasteiger partial charge in [-0.2, -0.15) is 5.26 Å². The lowest BCUT2D eigenvalue weighted by molar-refractivity contribution is -0.137. The molecule has 17 heavy (non-hydrogen) atoms. The summed E-state index contributed by atoms with van der Waals surface area (Å²) in [6.45, 7) is 1.71. The van der Waals surface area contributed by atoms with Crippen LogP contribution in [0.1, 0.15) is 22.8 Å². The first-order valence-corrected chi connectivity index (χ1v) is 5.09. The molecule has 0 aliphatic heterocycles. The maximum absolute atomic E-state index is 11.9. The van der Waals surface area contributed by atoms with Gasteiger partial charge in [-0.05, 0) is 31.2 Å². The van der Waals surface area contributed by atoms with Gasteiger partial charge in [-0.15, -0.1) is 0 Å². The quantitative estimate of drug-likeness (QED) is 0.842. The number of carbonyl (C=O) groups excluding carboxylic acids is 1. The number of benzene rings is 1. The average molecular weight is 232 g/mol. The Morgan fingerprint density at radius 2 is 1.94 bits per heavy atom. The van der Waals surface area contributed by atoms with Crippen molar-refractivity contribution in [2.75, 3.05) is 13.1 Å². The van der Waals surface area contributed by atoms with Crippen LogP contribution in [0.2, 0.25) is 0 Å². The van der Waals surface area contributed by atoms with Gasteiger partial charge in [0.25, 0.3) is 5.91 Å². The number of nitriles is 1. The van der Waals surface area contributed by atoms with Crippen LogP contribution in [0.15, 0.2) is 24.3 Å². The highest BCUT2D eigenvalue weighted by molar-refractivity contribution is 5.95. The molecule has 0 aliphatic carbocycles. The molecule has 0 spiro atoms. The Morgan fingerprint density at radius 1 is 1.35 bits per heavy atom. The van der Waals surface area contributed by atoms with Crippen molar-refractivity contribution < 1.29 is 14.7 Å². The van der Waals surface area contributed by atoms with Gasteiger partial charge in [0.1, 0.15) is 6.54 Å². The Morgan fingerprint density at radius 3 is 2.35 bits per heavy atom. The predicted octanol–water partition coefficient (Wildman–Crippen LogP) is 1.10. The van der Waals surface area contributed by atoms with Gasteiger partial charge < -0.3 is 10.0 Å². The second kappa shape index (κ2) is 5.66. The van der Waals surface area contributed by atoms with Gasteiger partial charge in [0.15, 0.2) is 0 Å². The summed E-state index contributed by atoms with van der Waals surface area (Å²) in [7, 11) is 0. The van der Waals surface area contributed by atoms with Crippen molar-refractivity contribution in [1.29, 1.82) is 5.26 Å². The first-order chi connectivity index (χ1) is 8.08. The first-order valence-electron chi connectivity index (χ1n) is 5.09. The SMILES string of the molecule is CCN(CC(=O)O)C(=O)c1ccc(C#N)cc1. The minimum atomic E-state index is -1.05. The molecule has 1 aromatic rings. The maximum atomic E-state index is 11.9. The fourth-order valence-electron chi connectivity index (χ4n) is 1.36. The number of aliphatic carboxylic acids is 1. The zero-order valence-corrected chi connectivity index (χ0v) is 9.38. The molecule has 5 nitrogen and oxygen atoms in total. The summed E-state index contributed by atoms with van der Waals surface area (Å²) in [5.41, 5.74) is 0.843. The molecule has 0 saturated carbocycles. The monoisotopic (exact) mass is 232 g/mol. The topological polar surface area (TPSA) is 81.4 Å². The van der Waals surface area contributed by atoms with E-state index in [9.17, 15) is 9.59 Å². The van der Waals surface area contributed by atoms with Crippen LogP contribution in [0, 0.1) is 11.3 Å². The standard InChI is InChI=1S/C12H12N2O3/c1-2-14(8-11(15)16)12(17)10-5-3-9(7-13)4-6-10/h3-6H,2,8H2,1H3,(H,15,16). The lowest BCUT2D eigenvalue weighted by Crippen LogP contribution is -2.35. The molecule has 0 aromatic heterocycles. The fourth-order valence-corrected chi connectivity index (χ4v) is 1.36. The van der Waals surface area contributed by atoms with Crippen LogP contribution in [-0.2, 0) is 4.79 Å². The van der Waals surface area contributed by atoms with E-state index in [4.69, 9.17) is 10.4 Å². The molecule has 0 bridgehead atoms. The van der Waals surface area contributed by atoms with Gasteiger partial charge in [0.05, 0.1) is 11.6 Å². The van der Waals surface area contributed by atoms with E-state index in [1.54, 1.807) is 6.92 Å². The first kappa shape index (κ1) is 12.7. The van der Waals surface area contributed by atoms with Crippen LogP contribution in [0.4, 0.5) is 0 Å². The summed E-state index contributed by atoms with van der Waals surface area (Å²) in [5.74, 6) is -1.40. The van der Waals surface area contributed by atoms with E-state index in [1.165, 1.54) is 29.2 Å². The summed E-state index contributed by atoms with van der Waals surface area (Å²) in [5, 5.41) is 17.3. The van der Waals surface area contributed by atoms with E-state index in [0.29, 0.717) is 17.7 Å². The molecular weight excluding hydrogens is 220 g/mol.